The van der Waals surface area contributed by atoms with Gasteiger partial charge in [0.1, 0.15) is 6.61 Å². The minimum atomic E-state index is -3.18. The summed E-state index contributed by atoms with van der Waals surface area (Å²) in [6.45, 7) is 1.44. The van der Waals surface area contributed by atoms with Crippen LogP contribution in [0.25, 0.3) is 0 Å². The lowest BCUT2D eigenvalue weighted by Crippen LogP contribution is -2.60. The third-order valence-corrected chi connectivity index (χ3v) is 6.83. The molecule has 138 valence electrons. The molecular formula is C15H22N4O5S. The van der Waals surface area contributed by atoms with Crippen LogP contribution in [0, 0.1) is 0 Å². The van der Waals surface area contributed by atoms with E-state index in [2.05, 4.69) is 15.1 Å². The normalized spacial score (nSPS) is 28.9. The molecule has 2 saturated heterocycles. The molecule has 3 heterocycles. The molecule has 25 heavy (non-hydrogen) atoms. The summed E-state index contributed by atoms with van der Waals surface area (Å²) in [6, 6.07) is -0.581. The number of piperazine rings is 1. The average molecular weight is 370 g/mol. The number of hydrogen-bond acceptors (Lipinski definition) is 8. The molecule has 3 fully saturated rings. The van der Waals surface area contributed by atoms with Crippen molar-refractivity contribution in [2.24, 2.45) is 0 Å². The number of carbonyl (C=O) groups is 1. The zero-order chi connectivity index (χ0) is 17.6. The summed E-state index contributed by atoms with van der Waals surface area (Å²) in [5.74, 6) is 1.48. The van der Waals surface area contributed by atoms with E-state index >= 15 is 0 Å². The van der Waals surface area contributed by atoms with Gasteiger partial charge in [0.15, 0.2) is 9.84 Å². The number of carbonyl (C=O) groups excluding carboxylic acids is 1. The Balaban J connectivity index is 1.50. The highest BCUT2D eigenvalue weighted by atomic mass is 32.2. The Bertz CT molecular complexity index is 760. The van der Waals surface area contributed by atoms with E-state index in [0.29, 0.717) is 37.3 Å². The summed E-state index contributed by atoms with van der Waals surface area (Å²) in [5, 5.41) is 8.18. The van der Waals surface area contributed by atoms with Gasteiger partial charge < -0.3 is 14.1 Å². The Morgan fingerprint density at radius 3 is 2.72 bits per heavy atom. The van der Waals surface area contributed by atoms with Crippen molar-refractivity contribution in [2.75, 3.05) is 38.3 Å². The van der Waals surface area contributed by atoms with Crippen LogP contribution in [0.5, 0.6) is 0 Å². The van der Waals surface area contributed by atoms with Gasteiger partial charge in [0.2, 0.25) is 17.7 Å². The van der Waals surface area contributed by atoms with Gasteiger partial charge in [-0.25, -0.2) is 8.42 Å². The second kappa shape index (κ2) is 6.33. The van der Waals surface area contributed by atoms with Crippen molar-refractivity contribution in [3.63, 3.8) is 0 Å². The number of nitrogens with zero attached hydrogens (tertiary/aromatic N) is 4. The first-order valence-corrected chi connectivity index (χ1v) is 10.3. The smallest absolute Gasteiger partial charge is 0.248 e. The van der Waals surface area contributed by atoms with E-state index in [9.17, 15) is 13.2 Å². The van der Waals surface area contributed by atoms with E-state index in [-0.39, 0.29) is 36.1 Å². The Kier molecular flexibility index (Phi) is 4.28. The number of methoxy groups -OCH3 is 1. The third kappa shape index (κ3) is 3.42. The number of amides is 1. The van der Waals surface area contributed by atoms with Crippen molar-refractivity contribution in [1.29, 1.82) is 0 Å². The predicted octanol–water partition coefficient (Wildman–Crippen LogP) is -0.597. The van der Waals surface area contributed by atoms with Crippen LogP contribution in [-0.2, 0) is 25.9 Å². The van der Waals surface area contributed by atoms with Crippen LogP contribution in [0.3, 0.4) is 0 Å². The molecule has 0 N–H and O–H groups in total. The molecule has 1 saturated carbocycles. The summed E-state index contributed by atoms with van der Waals surface area (Å²) in [7, 11) is -1.71. The SMILES string of the molecule is COCC(=O)N1CCN(Cc2nnc(C3CC3)o2)[C@H]2CS(=O)(=O)C[C@H]21. The molecule has 2 atom stereocenters. The van der Waals surface area contributed by atoms with Gasteiger partial charge in [0, 0.05) is 32.2 Å². The average Bonchev–Trinajstić information content (AvgIpc) is 3.20. The van der Waals surface area contributed by atoms with Crippen LogP contribution in [0.1, 0.15) is 30.5 Å². The minimum Gasteiger partial charge on any atom is -0.424 e. The second-order valence-corrected chi connectivity index (χ2v) is 9.16. The van der Waals surface area contributed by atoms with Gasteiger partial charge in [-0.1, -0.05) is 0 Å². The van der Waals surface area contributed by atoms with Crippen LogP contribution in [0.2, 0.25) is 0 Å². The van der Waals surface area contributed by atoms with Crippen LogP contribution < -0.4 is 0 Å². The molecular weight excluding hydrogens is 348 g/mol. The van der Waals surface area contributed by atoms with Gasteiger partial charge >= 0.3 is 0 Å². The minimum absolute atomic E-state index is 0.000772. The van der Waals surface area contributed by atoms with E-state index in [1.165, 1.54) is 7.11 Å². The maximum atomic E-state index is 12.2. The fraction of sp³-hybridized carbons (Fsp3) is 0.800. The molecule has 10 heteroatoms. The molecule has 1 aromatic rings. The maximum absolute atomic E-state index is 12.2. The molecule has 0 unspecified atom stereocenters. The summed E-state index contributed by atoms with van der Waals surface area (Å²) in [6.07, 6.45) is 2.18. The zero-order valence-corrected chi connectivity index (χ0v) is 14.9. The van der Waals surface area contributed by atoms with E-state index in [4.69, 9.17) is 9.15 Å². The number of fused-ring (bicyclic) bond motifs is 1. The first-order valence-electron chi connectivity index (χ1n) is 8.52. The summed E-state index contributed by atoms with van der Waals surface area (Å²) in [4.78, 5) is 16.0. The van der Waals surface area contributed by atoms with Gasteiger partial charge in [-0.15, -0.1) is 10.2 Å². The first kappa shape index (κ1) is 16.9. The Labute approximate surface area is 146 Å². The van der Waals surface area contributed by atoms with Gasteiger partial charge in [0.05, 0.1) is 24.1 Å². The van der Waals surface area contributed by atoms with Crippen LogP contribution in [0.4, 0.5) is 0 Å². The van der Waals surface area contributed by atoms with Gasteiger partial charge in [-0.05, 0) is 12.8 Å². The summed E-state index contributed by atoms with van der Waals surface area (Å²) < 4.78 is 35.0. The maximum Gasteiger partial charge on any atom is 0.248 e. The number of ether oxygens (including phenoxy) is 1. The Hall–Kier alpha value is -1.52. The van der Waals surface area contributed by atoms with E-state index in [1.807, 2.05) is 0 Å². The fourth-order valence-corrected chi connectivity index (χ4v) is 5.75. The molecule has 1 aliphatic carbocycles. The van der Waals surface area contributed by atoms with Crippen molar-refractivity contribution in [1.82, 2.24) is 20.0 Å². The number of aromatic nitrogens is 2. The molecule has 0 spiro atoms. The quantitative estimate of drug-likeness (QED) is 0.677. The number of sulfone groups is 1. The number of rotatable bonds is 5. The first-order chi connectivity index (χ1) is 12.0. The van der Waals surface area contributed by atoms with Crippen LogP contribution in [-0.4, -0.2) is 84.7 Å². The lowest BCUT2D eigenvalue weighted by molar-refractivity contribution is -0.141. The predicted molar refractivity (Wildman–Crippen MR) is 86.5 cm³/mol. The van der Waals surface area contributed by atoms with Gasteiger partial charge in [-0.3, -0.25) is 9.69 Å². The molecule has 0 radical (unpaired) electrons. The molecule has 1 aromatic heterocycles. The van der Waals surface area contributed by atoms with Crippen molar-refractivity contribution >= 4 is 15.7 Å². The highest BCUT2D eigenvalue weighted by Crippen LogP contribution is 2.39. The highest BCUT2D eigenvalue weighted by molar-refractivity contribution is 7.91. The van der Waals surface area contributed by atoms with Crippen molar-refractivity contribution < 1.29 is 22.4 Å². The summed E-state index contributed by atoms with van der Waals surface area (Å²) in [5.41, 5.74) is 0. The third-order valence-electron chi connectivity index (χ3n) is 5.13. The lowest BCUT2D eigenvalue weighted by Gasteiger charge is -2.43. The lowest BCUT2D eigenvalue weighted by atomic mass is 10.0. The molecule has 0 aromatic carbocycles. The largest absolute Gasteiger partial charge is 0.424 e. The fourth-order valence-electron chi connectivity index (χ4n) is 3.74. The highest BCUT2D eigenvalue weighted by Gasteiger charge is 2.48. The molecule has 3 aliphatic rings. The van der Waals surface area contributed by atoms with Crippen molar-refractivity contribution in [3.05, 3.63) is 11.8 Å². The van der Waals surface area contributed by atoms with Crippen LogP contribution in [0.15, 0.2) is 4.42 Å². The standard InChI is InChI=1S/C15H22N4O5S/c1-23-7-14(20)19-5-4-18(11-8-25(21,22)9-12(11)19)6-13-16-17-15(24-13)10-2-3-10/h10-12H,2-9H2,1H3/t11-,12+/m0/s1. The molecule has 2 aliphatic heterocycles. The van der Waals surface area contributed by atoms with Gasteiger partial charge in [0.25, 0.3) is 0 Å². The monoisotopic (exact) mass is 370 g/mol. The van der Waals surface area contributed by atoms with Crippen LogP contribution >= 0.6 is 0 Å². The number of hydrogen-bond donors (Lipinski definition) is 0. The van der Waals surface area contributed by atoms with E-state index < -0.39 is 9.84 Å². The van der Waals surface area contributed by atoms with Gasteiger partial charge in [-0.2, -0.15) is 0 Å². The Morgan fingerprint density at radius 2 is 2.00 bits per heavy atom. The zero-order valence-electron chi connectivity index (χ0n) is 14.1. The summed E-state index contributed by atoms with van der Waals surface area (Å²) >= 11 is 0. The van der Waals surface area contributed by atoms with E-state index in [1.54, 1.807) is 4.90 Å². The topological polar surface area (TPSA) is 106 Å². The van der Waals surface area contributed by atoms with E-state index in [0.717, 1.165) is 12.8 Å². The van der Waals surface area contributed by atoms with Crippen molar-refractivity contribution in [2.45, 2.75) is 37.4 Å². The molecule has 4 rings (SSSR count). The second-order valence-electron chi connectivity index (χ2n) is 7.01. The molecule has 0 bridgehead atoms. The molecule has 9 nitrogen and oxygen atoms in total. The molecule has 1 amide bonds. The van der Waals surface area contributed by atoms with Crippen molar-refractivity contribution in [3.8, 4) is 0 Å². The Morgan fingerprint density at radius 1 is 1.24 bits per heavy atom.